The lowest BCUT2D eigenvalue weighted by molar-refractivity contribution is -0.00577. The first kappa shape index (κ1) is 24.7. The summed E-state index contributed by atoms with van der Waals surface area (Å²) in [4.78, 5) is 25.7. The number of hydrogen-bond acceptors (Lipinski definition) is 8. The van der Waals surface area contributed by atoms with Crippen molar-refractivity contribution < 1.29 is 33.3 Å². The van der Waals surface area contributed by atoms with Crippen LogP contribution in [0.5, 0.6) is 5.75 Å². The summed E-state index contributed by atoms with van der Waals surface area (Å²) < 4.78 is 27.3. The molecule has 33 heavy (non-hydrogen) atoms. The van der Waals surface area contributed by atoms with Gasteiger partial charge in [0.15, 0.2) is 0 Å². The van der Waals surface area contributed by atoms with Gasteiger partial charge in [-0.2, -0.15) is 0 Å². The van der Waals surface area contributed by atoms with E-state index in [1.807, 2.05) is 12.1 Å². The number of ether oxygens (including phenoxy) is 5. The number of nitrogens with zero attached hydrogens (tertiary/aromatic N) is 1. The summed E-state index contributed by atoms with van der Waals surface area (Å²) in [5, 5.41) is 0. The van der Waals surface area contributed by atoms with Gasteiger partial charge in [0.05, 0.1) is 70.5 Å². The van der Waals surface area contributed by atoms with Gasteiger partial charge in [0.25, 0.3) is 11.8 Å². The maximum absolute atomic E-state index is 12.2. The lowest BCUT2D eigenvalue weighted by atomic mass is 10.1. The molecule has 1 aliphatic heterocycles. The topological polar surface area (TPSA) is 110 Å². The van der Waals surface area contributed by atoms with E-state index in [1.54, 1.807) is 36.4 Å². The molecule has 0 saturated carbocycles. The Labute approximate surface area is 193 Å². The molecule has 3 rings (SSSR count). The van der Waals surface area contributed by atoms with Crippen molar-refractivity contribution >= 4 is 17.5 Å². The maximum atomic E-state index is 12.2. The van der Waals surface area contributed by atoms with Crippen LogP contribution in [0.25, 0.3) is 0 Å². The zero-order chi connectivity index (χ0) is 23.3. The minimum absolute atomic E-state index is 0.223. The van der Waals surface area contributed by atoms with E-state index in [9.17, 15) is 9.59 Å². The number of benzene rings is 2. The van der Waals surface area contributed by atoms with E-state index in [-0.39, 0.29) is 25.0 Å². The van der Waals surface area contributed by atoms with E-state index < -0.39 is 0 Å². The van der Waals surface area contributed by atoms with Gasteiger partial charge in [0, 0.05) is 5.69 Å². The molecule has 9 nitrogen and oxygen atoms in total. The molecule has 0 atom stereocenters. The lowest BCUT2D eigenvalue weighted by Gasteiger charge is -2.13. The molecule has 0 radical (unpaired) electrons. The number of rotatable bonds is 16. The van der Waals surface area contributed by atoms with Crippen LogP contribution in [-0.2, 0) is 18.9 Å². The fraction of sp³-hybridized carbons (Fsp3) is 0.417. The summed E-state index contributed by atoms with van der Waals surface area (Å²) in [6, 6.07) is 14.0. The Bertz CT molecular complexity index is 854. The van der Waals surface area contributed by atoms with Crippen molar-refractivity contribution in [2.45, 2.75) is 0 Å². The molecule has 2 aromatic carbocycles. The Morgan fingerprint density at radius 3 is 1.58 bits per heavy atom. The molecule has 178 valence electrons. The van der Waals surface area contributed by atoms with Crippen molar-refractivity contribution in [3.63, 3.8) is 0 Å². The molecule has 0 fully saturated rings. The summed E-state index contributed by atoms with van der Waals surface area (Å²) in [5.41, 5.74) is 7.21. The molecule has 0 bridgehead atoms. The molecular weight excluding hydrogens is 428 g/mol. The number of hydrogen-bond donors (Lipinski definition) is 1. The van der Waals surface area contributed by atoms with Gasteiger partial charge in [-0.05, 0) is 36.4 Å². The average Bonchev–Trinajstić information content (AvgIpc) is 3.07. The highest BCUT2D eigenvalue weighted by Gasteiger charge is 2.34. The first-order valence-corrected chi connectivity index (χ1v) is 10.9. The van der Waals surface area contributed by atoms with E-state index >= 15 is 0 Å². The molecule has 0 spiro atoms. The molecule has 1 heterocycles. The van der Waals surface area contributed by atoms with Crippen LogP contribution < -0.4 is 10.5 Å². The second kappa shape index (κ2) is 13.5. The van der Waals surface area contributed by atoms with Crippen molar-refractivity contribution in [1.82, 2.24) is 4.90 Å². The van der Waals surface area contributed by atoms with E-state index in [1.165, 1.54) is 4.90 Å². The molecule has 1 aliphatic rings. The third-order valence-electron chi connectivity index (χ3n) is 4.83. The highest BCUT2D eigenvalue weighted by atomic mass is 16.6. The summed E-state index contributed by atoms with van der Waals surface area (Å²) in [6.07, 6.45) is 0. The molecule has 2 aromatic rings. The van der Waals surface area contributed by atoms with Crippen LogP contribution in [0.4, 0.5) is 5.69 Å². The van der Waals surface area contributed by atoms with E-state index in [0.717, 1.165) is 5.75 Å². The van der Waals surface area contributed by atoms with Gasteiger partial charge in [-0.3, -0.25) is 14.5 Å². The normalized spacial score (nSPS) is 12.9. The fourth-order valence-electron chi connectivity index (χ4n) is 3.14. The first-order valence-electron chi connectivity index (χ1n) is 10.9. The standard InChI is InChI=1S/C24H30N2O7/c25-19-5-7-20(8-6-19)33-18-17-32-16-15-31-14-13-30-12-11-29-10-9-26-23(27)21-3-1-2-4-22(21)24(26)28/h1-8H,9-18,25H2. The van der Waals surface area contributed by atoms with Crippen molar-refractivity contribution in [1.29, 1.82) is 0 Å². The molecule has 9 heteroatoms. The van der Waals surface area contributed by atoms with Crippen LogP contribution in [0.15, 0.2) is 48.5 Å². The van der Waals surface area contributed by atoms with Gasteiger partial charge < -0.3 is 29.4 Å². The van der Waals surface area contributed by atoms with Gasteiger partial charge in [-0.1, -0.05) is 12.1 Å². The predicted molar refractivity (Wildman–Crippen MR) is 121 cm³/mol. The fourth-order valence-corrected chi connectivity index (χ4v) is 3.14. The Morgan fingerprint density at radius 1 is 0.606 bits per heavy atom. The van der Waals surface area contributed by atoms with Crippen LogP contribution in [0.1, 0.15) is 20.7 Å². The zero-order valence-corrected chi connectivity index (χ0v) is 18.6. The maximum Gasteiger partial charge on any atom is 0.261 e. The van der Waals surface area contributed by atoms with Crippen molar-refractivity contribution in [2.24, 2.45) is 0 Å². The van der Waals surface area contributed by atoms with Crippen molar-refractivity contribution in [2.75, 3.05) is 71.7 Å². The van der Waals surface area contributed by atoms with Crippen molar-refractivity contribution in [3.8, 4) is 5.75 Å². The second-order valence-electron chi connectivity index (χ2n) is 7.17. The number of nitrogens with two attached hydrogens (primary N) is 1. The molecule has 0 aromatic heterocycles. The smallest absolute Gasteiger partial charge is 0.261 e. The van der Waals surface area contributed by atoms with Crippen molar-refractivity contribution in [3.05, 3.63) is 59.7 Å². The van der Waals surface area contributed by atoms with Crippen LogP contribution in [-0.4, -0.2) is 82.7 Å². The number of imide groups is 1. The highest BCUT2D eigenvalue weighted by molar-refractivity contribution is 6.21. The number of nitrogen functional groups attached to an aromatic ring is 1. The summed E-state index contributed by atoms with van der Waals surface area (Å²) in [7, 11) is 0. The molecule has 0 unspecified atom stereocenters. The number of carbonyl (C=O) groups is 2. The Hall–Kier alpha value is -2.98. The van der Waals surface area contributed by atoms with E-state index in [2.05, 4.69) is 0 Å². The van der Waals surface area contributed by atoms with E-state index in [4.69, 9.17) is 29.4 Å². The number of fused-ring (bicyclic) bond motifs is 1. The van der Waals surface area contributed by atoms with E-state index in [0.29, 0.717) is 69.7 Å². The quantitative estimate of drug-likeness (QED) is 0.231. The van der Waals surface area contributed by atoms with Gasteiger partial charge in [0.2, 0.25) is 0 Å². The lowest BCUT2D eigenvalue weighted by Crippen LogP contribution is -2.33. The first-order chi connectivity index (χ1) is 16.2. The molecule has 0 aliphatic carbocycles. The monoisotopic (exact) mass is 458 g/mol. The Kier molecular flexibility index (Phi) is 10.1. The predicted octanol–water partition coefficient (Wildman–Crippen LogP) is 2.01. The summed E-state index contributed by atoms with van der Waals surface area (Å²) in [6.45, 7) is 4.06. The third kappa shape index (κ3) is 7.83. The Morgan fingerprint density at radius 2 is 1.06 bits per heavy atom. The van der Waals surface area contributed by atoms with Crippen LogP contribution in [0.3, 0.4) is 0 Å². The summed E-state index contributed by atoms with van der Waals surface area (Å²) >= 11 is 0. The molecular formula is C24H30N2O7. The van der Waals surface area contributed by atoms with Gasteiger partial charge in [0.1, 0.15) is 12.4 Å². The van der Waals surface area contributed by atoms with Crippen LogP contribution in [0, 0.1) is 0 Å². The van der Waals surface area contributed by atoms with Crippen LogP contribution >= 0.6 is 0 Å². The largest absolute Gasteiger partial charge is 0.491 e. The minimum atomic E-state index is -0.272. The molecule has 0 saturated heterocycles. The number of carbonyl (C=O) groups excluding carboxylic acids is 2. The SMILES string of the molecule is Nc1ccc(OCCOCCOCCOCCOCCN2C(=O)c3ccccc3C2=O)cc1. The number of anilines is 1. The van der Waals surface area contributed by atoms with Gasteiger partial charge in [-0.25, -0.2) is 0 Å². The van der Waals surface area contributed by atoms with Gasteiger partial charge in [-0.15, -0.1) is 0 Å². The molecule has 2 N–H and O–H groups in total. The van der Waals surface area contributed by atoms with Crippen LogP contribution in [0.2, 0.25) is 0 Å². The highest BCUT2D eigenvalue weighted by Crippen LogP contribution is 2.21. The zero-order valence-electron chi connectivity index (χ0n) is 18.6. The minimum Gasteiger partial charge on any atom is -0.491 e. The number of amides is 2. The average molecular weight is 459 g/mol. The van der Waals surface area contributed by atoms with Gasteiger partial charge >= 0.3 is 0 Å². The second-order valence-corrected chi connectivity index (χ2v) is 7.17. The Balaban J connectivity index is 1.09. The molecule has 2 amide bonds. The summed E-state index contributed by atoms with van der Waals surface area (Å²) in [5.74, 6) is 0.214. The third-order valence-corrected chi connectivity index (χ3v) is 4.83.